The van der Waals surface area contributed by atoms with Crippen LogP contribution in [0, 0.1) is 11.8 Å². The van der Waals surface area contributed by atoms with E-state index >= 15 is 0 Å². The highest BCUT2D eigenvalue weighted by Gasteiger charge is 2.31. The molecule has 4 rings (SSSR count). The molecule has 2 N–H and O–H groups in total. The zero-order valence-corrected chi connectivity index (χ0v) is 16.5. The summed E-state index contributed by atoms with van der Waals surface area (Å²) >= 11 is 0. The van der Waals surface area contributed by atoms with Gasteiger partial charge in [-0.05, 0) is 41.0 Å². The summed E-state index contributed by atoms with van der Waals surface area (Å²) in [4.78, 5) is 24.0. The maximum Gasteiger partial charge on any atom is 0.407 e. The first-order chi connectivity index (χ1) is 14.1. The first kappa shape index (κ1) is 19.5. The maximum absolute atomic E-state index is 12.3. The van der Waals surface area contributed by atoms with Crippen LogP contribution in [0.15, 0.2) is 48.5 Å². The molecule has 0 saturated heterocycles. The van der Waals surface area contributed by atoms with E-state index < -0.39 is 18.0 Å². The zero-order valence-electron chi connectivity index (χ0n) is 16.5. The van der Waals surface area contributed by atoms with Crippen LogP contribution in [0.1, 0.15) is 49.1 Å². The molecule has 0 spiro atoms. The van der Waals surface area contributed by atoms with Crippen molar-refractivity contribution in [3.63, 3.8) is 0 Å². The van der Waals surface area contributed by atoms with Crippen molar-refractivity contribution in [2.45, 2.75) is 38.0 Å². The van der Waals surface area contributed by atoms with Gasteiger partial charge in [0.15, 0.2) is 0 Å². The van der Waals surface area contributed by atoms with Crippen molar-refractivity contribution in [2.24, 2.45) is 11.8 Å². The van der Waals surface area contributed by atoms with Crippen LogP contribution < -0.4 is 5.32 Å². The lowest BCUT2D eigenvalue weighted by Gasteiger charge is -2.27. The lowest BCUT2D eigenvalue weighted by molar-refractivity contribution is -0.143. The van der Waals surface area contributed by atoms with Gasteiger partial charge in [0.2, 0.25) is 0 Å². The van der Waals surface area contributed by atoms with E-state index in [1.165, 1.54) is 17.5 Å². The van der Waals surface area contributed by atoms with Crippen molar-refractivity contribution in [3.8, 4) is 11.1 Å². The van der Waals surface area contributed by atoms with E-state index in [0.717, 1.165) is 36.8 Å². The first-order valence-corrected chi connectivity index (χ1v) is 10.5. The highest BCUT2D eigenvalue weighted by atomic mass is 16.5. The standard InChI is InChI=1S/C24H27NO4/c26-23(27)21(16-8-2-1-3-9-16)14-25-24(28)29-15-22-19-12-6-4-10-17(19)18-11-5-7-13-20(18)22/h4-7,10-13,16,21-22H,1-3,8-9,14-15H2,(H,25,28)(H,26,27)/t21-/m0/s1. The summed E-state index contributed by atoms with van der Waals surface area (Å²) in [6.07, 6.45) is 4.60. The molecule has 0 aromatic heterocycles. The Labute approximate surface area is 171 Å². The predicted octanol–water partition coefficient (Wildman–Crippen LogP) is 4.81. The summed E-state index contributed by atoms with van der Waals surface area (Å²) in [7, 11) is 0. The molecular weight excluding hydrogens is 366 g/mol. The molecule has 0 bridgehead atoms. The van der Waals surface area contributed by atoms with Gasteiger partial charge in [-0.3, -0.25) is 4.79 Å². The Morgan fingerprint density at radius 3 is 2.14 bits per heavy atom. The van der Waals surface area contributed by atoms with Crippen LogP contribution in [0.3, 0.4) is 0 Å². The summed E-state index contributed by atoms with van der Waals surface area (Å²) in [6, 6.07) is 16.4. The number of carboxylic acids is 1. The Morgan fingerprint density at radius 1 is 0.966 bits per heavy atom. The highest BCUT2D eigenvalue weighted by molar-refractivity contribution is 5.79. The first-order valence-electron chi connectivity index (χ1n) is 10.5. The molecular formula is C24H27NO4. The molecule has 2 aliphatic rings. The van der Waals surface area contributed by atoms with E-state index in [9.17, 15) is 14.7 Å². The molecule has 5 nitrogen and oxygen atoms in total. The minimum atomic E-state index is -0.837. The van der Waals surface area contributed by atoms with Gasteiger partial charge >= 0.3 is 12.1 Å². The number of aliphatic carboxylic acids is 1. The number of carboxylic acid groups (broad SMARTS) is 1. The van der Waals surface area contributed by atoms with Gasteiger partial charge in [-0.2, -0.15) is 0 Å². The number of nitrogens with one attached hydrogen (secondary N) is 1. The smallest absolute Gasteiger partial charge is 0.407 e. The van der Waals surface area contributed by atoms with Gasteiger partial charge in [-0.25, -0.2) is 4.79 Å². The van der Waals surface area contributed by atoms with Crippen molar-refractivity contribution in [3.05, 3.63) is 59.7 Å². The van der Waals surface area contributed by atoms with Crippen molar-refractivity contribution in [2.75, 3.05) is 13.2 Å². The van der Waals surface area contributed by atoms with E-state index in [1.54, 1.807) is 0 Å². The quantitative estimate of drug-likeness (QED) is 0.739. The molecule has 2 aliphatic carbocycles. The fourth-order valence-electron chi connectivity index (χ4n) is 4.83. The topological polar surface area (TPSA) is 75.6 Å². The Morgan fingerprint density at radius 2 is 1.55 bits per heavy atom. The Balaban J connectivity index is 1.37. The zero-order chi connectivity index (χ0) is 20.2. The van der Waals surface area contributed by atoms with Crippen LogP contribution in [-0.4, -0.2) is 30.3 Å². The van der Waals surface area contributed by atoms with Crippen LogP contribution >= 0.6 is 0 Å². The number of carbonyl (C=O) groups is 2. The van der Waals surface area contributed by atoms with Crippen LogP contribution in [0.5, 0.6) is 0 Å². The van der Waals surface area contributed by atoms with Gasteiger partial charge in [-0.1, -0.05) is 67.8 Å². The molecule has 152 valence electrons. The molecule has 1 saturated carbocycles. The second-order valence-electron chi connectivity index (χ2n) is 8.05. The van der Waals surface area contributed by atoms with Gasteiger partial charge in [-0.15, -0.1) is 0 Å². The van der Waals surface area contributed by atoms with Crippen molar-refractivity contribution in [1.29, 1.82) is 0 Å². The molecule has 5 heteroatoms. The molecule has 1 fully saturated rings. The number of fused-ring (bicyclic) bond motifs is 3. The molecule has 1 atom stereocenters. The van der Waals surface area contributed by atoms with Crippen LogP contribution in [0.25, 0.3) is 11.1 Å². The van der Waals surface area contributed by atoms with Crippen molar-refractivity contribution >= 4 is 12.1 Å². The fraction of sp³-hybridized carbons (Fsp3) is 0.417. The minimum absolute atomic E-state index is 0.00163. The third kappa shape index (κ3) is 4.14. The van der Waals surface area contributed by atoms with E-state index in [-0.39, 0.29) is 25.0 Å². The molecule has 0 heterocycles. The van der Waals surface area contributed by atoms with Gasteiger partial charge in [0.05, 0.1) is 5.92 Å². The van der Waals surface area contributed by atoms with Crippen molar-refractivity contribution in [1.82, 2.24) is 5.32 Å². The highest BCUT2D eigenvalue weighted by Crippen LogP contribution is 2.44. The van der Waals surface area contributed by atoms with Gasteiger partial charge < -0.3 is 15.2 Å². The summed E-state index contributed by atoms with van der Waals surface area (Å²) in [6.45, 7) is 0.359. The molecule has 0 aliphatic heterocycles. The lowest BCUT2D eigenvalue weighted by atomic mass is 9.80. The molecule has 1 amide bonds. The Kier molecular flexibility index (Phi) is 5.84. The van der Waals surface area contributed by atoms with Gasteiger partial charge in [0.25, 0.3) is 0 Å². The fourth-order valence-corrected chi connectivity index (χ4v) is 4.83. The van der Waals surface area contributed by atoms with Crippen LogP contribution in [0.2, 0.25) is 0 Å². The maximum atomic E-state index is 12.3. The summed E-state index contributed by atoms with van der Waals surface area (Å²) in [5.74, 6) is -1.25. The molecule has 0 radical (unpaired) electrons. The number of benzene rings is 2. The van der Waals surface area contributed by atoms with E-state index in [1.807, 2.05) is 24.3 Å². The SMILES string of the molecule is O=C(NC[C@H](C(=O)O)C1CCCCC1)OCC1c2ccccc2-c2ccccc21. The third-order valence-electron chi connectivity index (χ3n) is 6.35. The monoisotopic (exact) mass is 393 g/mol. The van der Waals surface area contributed by atoms with Gasteiger partial charge in [0.1, 0.15) is 6.61 Å². The Bertz CT molecular complexity index is 842. The van der Waals surface area contributed by atoms with E-state index in [2.05, 4.69) is 29.6 Å². The lowest BCUT2D eigenvalue weighted by Crippen LogP contribution is -2.38. The molecule has 2 aromatic carbocycles. The normalized spacial score (nSPS) is 17.2. The number of alkyl carbamates (subject to hydrolysis) is 1. The number of hydrogen-bond donors (Lipinski definition) is 2. The second kappa shape index (κ2) is 8.68. The largest absolute Gasteiger partial charge is 0.481 e. The number of ether oxygens (including phenoxy) is 1. The number of rotatable bonds is 6. The van der Waals surface area contributed by atoms with Crippen molar-refractivity contribution < 1.29 is 19.4 Å². The third-order valence-corrected chi connectivity index (χ3v) is 6.35. The van der Waals surface area contributed by atoms with E-state index in [4.69, 9.17) is 4.74 Å². The summed E-state index contributed by atoms with van der Waals surface area (Å²) in [5.41, 5.74) is 4.68. The average molecular weight is 393 g/mol. The average Bonchev–Trinajstić information content (AvgIpc) is 3.07. The van der Waals surface area contributed by atoms with Crippen LogP contribution in [0.4, 0.5) is 4.79 Å². The number of amides is 1. The molecule has 29 heavy (non-hydrogen) atoms. The summed E-state index contributed by atoms with van der Waals surface area (Å²) < 4.78 is 5.51. The number of carbonyl (C=O) groups excluding carboxylic acids is 1. The van der Waals surface area contributed by atoms with Gasteiger partial charge in [0, 0.05) is 12.5 Å². The predicted molar refractivity (Wildman–Crippen MR) is 111 cm³/mol. The second-order valence-corrected chi connectivity index (χ2v) is 8.05. The van der Waals surface area contributed by atoms with Crippen LogP contribution in [-0.2, 0) is 9.53 Å². The minimum Gasteiger partial charge on any atom is -0.481 e. The summed E-state index contributed by atoms with van der Waals surface area (Å²) in [5, 5.41) is 12.3. The Hall–Kier alpha value is -2.82. The van der Waals surface area contributed by atoms with E-state index in [0.29, 0.717) is 0 Å². The molecule has 2 aromatic rings. The molecule has 0 unspecified atom stereocenters. The number of hydrogen-bond acceptors (Lipinski definition) is 3.